The zero-order chi connectivity index (χ0) is 16.7. The van der Waals surface area contributed by atoms with Crippen LogP contribution in [0, 0.1) is 11.7 Å². The zero-order valence-corrected chi connectivity index (χ0v) is 13.3. The van der Waals surface area contributed by atoms with Crippen LogP contribution in [-0.2, 0) is 4.79 Å². The highest BCUT2D eigenvalue weighted by Crippen LogP contribution is 2.17. The van der Waals surface area contributed by atoms with Crippen LogP contribution < -0.4 is 5.32 Å². The molecule has 1 fully saturated rings. The molecule has 124 valence electrons. The van der Waals surface area contributed by atoms with Crippen LogP contribution in [-0.4, -0.2) is 36.3 Å². The number of rotatable bonds is 6. The number of nitrogens with zero attached hydrogens (tertiary/aromatic N) is 1. The first-order valence-corrected chi connectivity index (χ1v) is 8.02. The molecule has 0 saturated carbocycles. The first-order valence-electron chi connectivity index (χ1n) is 8.02. The average Bonchev–Trinajstić information content (AvgIpc) is 2.58. The molecule has 0 aliphatic carbocycles. The summed E-state index contributed by atoms with van der Waals surface area (Å²) in [6, 6.07) is 5.48. The van der Waals surface area contributed by atoms with Crippen molar-refractivity contribution in [1.29, 1.82) is 0 Å². The number of benzene rings is 1. The van der Waals surface area contributed by atoms with E-state index in [1.165, 1.54) is 24.3 Å². The minimum atomic E-state index is -0.359. The molecule has 1 aliphatic rings. The van der Waals surface area contributed by atoms with Crippen LogP contribution in [0.25, 0.3) is 0 Å². The quantitative estimate of drug-likeness (QED) is 0.820. The summed E-state index contributed by atoms with van der Waals surface area (Å²) in [6.07, 6.45) is 4.90. The SMILES string of the molecule is C=CCCC(=O)N1CCCC(CNC(=O)c2ccc(F)cc2)C1. The lowest BCUT2D eigenvalue weighted by atomic mass is 9.97. The van der Waals surface area contributed by atoms with Crippen LogP contribution in [0.2, 0.25) is 0 Å². The van der Waals surface area contributed by atoms with Crippen molar-refractivity contribution in [3.63, 3.8) is 0 Å². The predicted molar refractivity (Wildman–Crippen MR) is 87.5 cm³/mol. The van der Waals surface area contributed by atoms with Gasteiger partial charge in [-0.3, -0.25) is 9.59 Å². The third kappa shape index (κ3) is 5.20. The molecule has 4 nitrogen and oxygen atoms in total. The van der Waals surface area contributed by atoms with E-state index >= 15 is 0 Å². The lowest BCUT2D eigenvalue weighted by Crippen LogP contribution is -2.43. The zero-order valence-electron chi connectivity index (χ0n) is 13.3. The minimum Gasteiger partial charge on any atom is -0.352 e. The van der Waals surface area contributed by atoms with Crippen molar-refractivity contribution in [1.82, 2.24) is 10.2 Å². The maximum Gasteiger partial charge on any atom is 0.251 e. The van der Waals surface area contributed by atoms with Gasteiger partial charge < -0.3 is 10.2 Å². The van der Waals surface area contributed by atoms with Crippen molar-refractivity contribution in [3.8, 4) is 0 Å². The Morgan fingerprint density at radius 1 is 1.35 bits per heavy atom. The number of piperidine rings is 1. The van der Waals surface area contributed by atoms with E-state index in [4.69, 9.17) is 0 Å². The Bertz CT molecular complexity index is 557. The molecule has 23 heavy (non-hydrogen) atoms. The van der Waals surface area contributed by atoms with Gasteiger partial charge in [0, 0.05) is 31.6 Å². The Balaban J connectivity index is 1.80. The van der Waals surface area contributed by atoms with Gasteiger partial charge in [0.05, 0.1) is 0 Å². The normalized spacial score (nSPS) is 17.6. The van der Waals surface area contributed by atoms with Gasteiger partial charge >= 0.3 is 0 Å². The number of hydrogen-bond acceptors (Lipinski definition) is 2. The Kier molecular flexibility index (Phi) is 6.32. The number of carbonyl (C=O) groups is 2. The van der Waals surface area contributed by atoms with E-state index in [0.29, 0.717) is 31.5 Å². The topological polar surface area (TPSA) is 49.4 Å². The van der Waals surface area contributed by atoms with Gasteiger partial charge in [-0.25, -0.2) is 4.39 Å². The molecule has 1 atom stereocenters. The van der Waals surface area contributed by atoms with Crippen molar-refractivity contribution < 1.29 is 14.0 Å². The van der Waals surface area contributed by atoms with E-state index < -0.39 is 0 Å². The standard InChI is InChI=1S/C18H23FN2O2/c1-2-3-6-17(22)21-11-4-5-14(13-21)12-20-18(23)15-7-9-16(19)10-8-15/h2,7-10,14H,1,3-6,11-13H2,(H,20,23). The highest BCUT2D eigenvalue weighted by molar-refractivity contribution is 5.94. The first kappa shape index (κ1) is 17.2. The van der Waals surface area contributed by atoms with Gasteiger partial charge in [-0.15, -0.1) is 6.58 Å². The molecule has 1 unspecified atom stereocenters. The molecular weight excluding hydrogens is 295 g/mol. The molecule has 1 heterocycles. The average molecular weight is 318 g/mol. The fourth-order valence-corrected chi connectivity index (χ4v) is 2.78. The maximum absolute atomic E-state index is 12.9. The summed E-state index contributed by atoms with van der Waals surface area (Å²) in [5.41, 5.74) is 0.445. The summed E-state index contributed by atoms with van der Waals surface area (Å²) in [6.45, 7) is 5.63. The second-order valence-electron chi connectivity index (χ2n) is 5.89. The van der Waals surface area contributed by atoms with E-state index in [0.717, 1.165) is 19.4 Å². The summed E-state index contributed by atoms with van der Waals surface area (Å²) >= 11 is 0. The monoisotopic (exact) mass is 318 g/mol. The van der Waals surface area contributed by atoms with Crippen molar-refractivity contribution in [2.75, 3.05) is 19.6 Å². The van der Waals surface area contributed by atoms with Crippen LogP contribution in [0.15, 0.2) is 36.9 Å². The Labute approximate surface area is 136 Å². The number of nitrogens with one attached hydrogen (secondary N) is 1. The second-order valence-corrected chi connectivity index (χ2v) is 5.89. The Morgan fingerprint density at radius 3 is 2.78 bits per heavy atom. The van der Waals surface area contributed by atoms with Crippen LogP contribution in [0.3, 0.4) is 0 Å². The van der Waals surface area contributed by atoms with Crippen molar-refractivity contribution >= 4 is 11.8 Å². The summed E-state index contributed by atoms with van der Waals surface area (Å²) < 4.78 is 12.9. The molecule has 0 bridgehead atoms. The third-order valence-electron chi connectivity index (χ3n) is 4.09. The molecule has 1 N–H and O–H groups in total. The molecule has 5 heteroatoms. The van der Waals surface area contributed by atoms with E-state index in [9.17, 15) is 14.0 Å². The Hall–Kier alpha value is -2.17. The molecule has 1 aromatic rings. The summed E-state index contributed by atoms with van der Waals surface area (Å²) in [5.74, 6) is -0.150. The fraction of sp³-hybridized carbons (Fsp3) is 0.444. The van der Waals surface area contributed by atoms with Crippen LogP contribution in [0.5, 0.6) is 0 Å². The van der Waals surface area contributed by atoms with E-state index in [1.54, 1.807) is 6.08 Å². The lowest BCUT2D eigenvalue weighted by Gasteiger charge is -2.33. The van der Waals surface area contributed by atoms with Gasteiger partial charge in [0.15, 0.2) is 0 Å². The van der Waals surface area contributed by atoms with Crippen LogP contribution in [0.4, 0.5) is 4.39 Å². The van der Waals surface area contributed by atoms with E-state index in [1.807, 2.05) is 4.90 Å². The lowest BCUT2D eigenvalue weighted by molar-refractivity contribution is -0.132. The van der Waals surface area contributed by atoms with Crippen LogP contribution >= 0.6 is 0 Å². The van der Waals surface area contributed by atoms with Gasteiger partial charge in [-0.1, -0.05) is 6.08 Å². The third-order valence-corrected chi connectivity index (χ3v) is 4.09. The summed E-state index contributed by atoms with van der Waals surface area (Å²) in [7, 11) is 0. The fourth-order valence-electron chi connectivity index (χ4n) is 2.78. The molecule has 0 radical (unpaired) electrons. The molecular formula is C18H23FN2O2. The van der Waals surface area contributed by atoms with Gasteiger partial charge in [-0.05, 0) is 49.4 Å². The Morgan fingerprint density at radius 2 is 2.09 bits per heavy atom. The van der Waals surface area contributed by atoms with Crippen LogP contribution in [0.1, 0.15) is 36.0 Å². The molecule has 0 aromatic heterocycles. The summed E-state index contributed by atoms with van der Waals surface area (Å²) in [5, 5.41) is 2.88. The number of carbonyl (C=O) groups excluding carboxylic acids is 2. The molecule has 2 rings (SSSR count). The van der Waals surface area contributed by atoms with E-state index in [-0.39, 0.29) is 23.5 Å². The minimum absolute atomic E-state index is 0.152. The van der Waals surface area contributed by atoms with E-state index in [2.05, 4.69) is 11.9 Å². The molecule has 1 aromatic carbocycles. The number of halogens is 1. The van der Waals surface area contributed by atoms with Gasteiger partial charge in [0.25, 0.3) is 5.91 Å². The first-order chi connectivity index (χ1) is 11.1. The number of likely N-dealkylation sites (tertiary alicyclic amines) is 1. The summed E-state index contributed by atoms with van der Waals surface area (Å²) in [4.78, 5) is 26.0. The predicted octanol–water partition coefficient (Wildman–Crippen LogP) is 2.76. The van der Waals surface area contributed by atoms with Crippen molar-refractivity contribution in [2.24, 2.45) is 5.92 Å². The highest BCUT2D eigenvalue weighted by atomic mass is 19.1. The smallest absolute Gasteiger partial charge is 0.251 e. The molecule has 1 saturated heterocycles. The largest absolute Gasteiger partial charge is 0.352 e. The maximum atomic E-state index is 12.9. The number of amides is 2. The second kappa shape index (κ2) is 8.46. The number of allylic oxidation sites excluding steroid dienone is 1. The van der Waals surface area contributed by atoms with Crippen molar-refractivity contribution in [3.05, 3.63) is 48.3 Å². The molecule has 0 spiro atoms. The van der Waals surface area contributed by atoms with Gasteiger partial charge in [0.1, 0.15) is 5.82 Å². The number of hydrogen-bond donors (Lipinski definition) is 1. The van der Waals surface area contributed by atoms with Crippen molar-refractivity contribution in [2.45, 2.75) is 25.7 Å². The highest BCUT2D eigenvalue weighted by Gasteiger charge is 2.23. The molecule has 1 aliphatic heterocycles. The molecule has 2 amide bonds. The van der Waals surface area contributed by atoms with Gasteiger partial charge in [-0.2, -0.15) is 0 Å². The van der Waals surface area contributed by atoms with Gasteiger partial charge in [0.2, 0.25) is 5.91 Å².